The van der Waals surface area contributed by atoms with E-state index in [4.69, 9.17) is 0 Å². The van der Waals surface area contributed by atoms with E-state index < -0.39 is 0 Å². The van der Waals surface area contributed by atoms with Gasteiger partial charge in [0.15, 0.2) is 0 Å². The second-order valence-electron chi connectivity index (χ2n) is 5.06. The van der Waals surface area contributed by atoms with Crippen molar-refractivity contribution in [3.63, 3.8) is 0 Å². The van der Waals surface area contributed by atoms with E-state index in [0.29, 0.717) is 5.41 Å². The van der Waals surface area contributed by atoms with Gasteiger partial charge in [0, 0.05) is 23.5 Å². The second-order valence-corrected chi connectivity index (χ2v) is 5.06. The predicted octanol–water partition coefficient (Wildman–Crippen LogP) is 2.10. The number of hydrogen-bond acceptors (Lipinski definition) is 2. The average Bonchev–Trinajstić information content (AvgIpc) is 2.91. The predicted molar refractivity (Wildman–Crippen MR) is 64.4 cm³/mol. The number of hydrogen-bond donors (Lipinski definition) is 1. The fraction of sp³-hybridized carbons (Fsp3) is 0.357. The molecule has 0 unspecified atom stereocenters. The molecule has 1 saturated carbocycles. The average molecular weight is 210 g/mol. The van der Waals surface area contributed by atoms with E-state index in [9.17, 15) is 0 Å². The van der Waals surface area contributed by atoms with Crippen LogP contribution in [0.2, 0.25) is 0 Å². The van der Waals surface area contributed by atoms with Crippen molar-refractivity contribution < 1.29 is 0 Å². The molecule has 1 aliphatic heterocycles. The number of aromatic nitrogens is 1. The van der Waals surface area contributed by atoms with Crippen molar-refractivity contribution >= 4 is 10.9 Å². The Morgan fingerprint density at radius 3 is 3.06 bits per heavy atom. The standard InChI is InChI=1S/C14H14N2/c1-4-12(14-7-10(14)8-15-9-14)11-3-2-6-16-13(11)5-1/h1-6,10,15H,7-9H2/t10-,14-/m1/s1. The minimum atomic E-state index is 0.433. The van der Waals surface area contributed by atoms with Gasteiger partial charge in [0.2, 0.25) is 0 Å². The minimum Gasteiger partial charge on any atom is -0.316 e. The molecule has 2 heterocycles. The number of nitrogens with zero attached hydrogens (tertiary/aromatic N) is 1. The smallest absolute Gasteiger partial charge is 0.0704 e. The molecule has 2 nitrogen and oxygen atoms in total. The van der Waals surface area contributed by atoms with Crippen LogP contribution in [0.3, 0.4) is 0 Å². The van der Waals surface area contributed by atoms with Crippen LogP contribution in [0.15, 0.2) is 36.5 Å². The third kappa shape index (κ3) is 0.978. The lowest BCUT2D eigenvalue weighted by atomic mass is 9.91. The largest absolute Gasteiger partial charge is 0.316 e. The van der Waals surface area contributed by atoms with E-state index in [0.717, 1.165) is 18.0 Å². The molecule has 1 N–H and O–H groups in total. The highest BCUT2D eigenvalue weighted by Crippen LogP contribution is 2.57. The SMILES string of the molecule is c1cc([C@]23CNC[C@H]2C3)c2cccnc2c1. The summed E-state index contributed by atoms with van der Waals surface area (Å²) in [6.07, 6.45) is 3.23. The highest BCUT2D eigenvalue weighted by Gasteiger charge is 2.58. The number of rotatable bonds is 1. The summed E-state index contributed by atoms with van der Waals surface area (Å²) in [5, 5.41) is 4.85. The Morgan fingerprint density at radius 2 is 2.25 bits per heavy atom. The molecule has 2 aliphatic rings. The highest BCUT2D eigenvalue weighted by molar-refractivity contribution is 5.84. The maximum atomic E-state index is 4.44. The number of piperidine rings is 1. The second kappa shape index (κ2) is 2.83. The molecule has 0 spiro atoms. The van der Waals surface area contributed by atoms with Crippen molar-refractivity contribution in [3.05, 3.63) is 42.1 Å². The fourth-order valence-corrected chi connectivity index (χ4v) is 3.30. The Kier molecular flexibility index (Phi) is 1.54. The normalized spacial score (nSPS) is 31.6. The zero-order valence-electron chi connectivity index (χ0n) is 9.11. The lowest BCUT2D eigenvalue weighted by Gasteiger charge is -2.14. The number of benzene rings is 1. The Morgan fingerprint density at radius 1 is 1.25 bits per heavy atom. The zero-order valence-corrected chi connectivity index (χ0v) is 9.11. The Balaban J connectivity index is 1.98. The summed E-state index contributed by atoms with van der Waals surface area (Å²) >= 11 is 0. The molecule has 0 bridgehead atoms. The van der Waals surface area contributed by atoms with Crippen molar-refractivity contribution in [2.45, 2.75) is 11.8 Å². The summed E-state index contributed by atoms with van der Waals surface area (Å²) in [4.78, 5) is 4.44. The van der Waals surface area contributed by atoms with Gasteiger partial charge in [-0.25, -0.2) is 0 Å². The maximum Gasteiger partial charge on any atom is 0.0704 e. The van der Waals surface area contributed by atoms with E-state index >= 15 is 0 Å². The minimum absolute atomic E-state index is 0.433. The maximum absolute atomic E-state index is 4.44. The molecule has 2 atom stereocenters. The van der Waals surface area contributed by atoms with Crippen molar-refractivity contribution in [3.8, 4) is 0 Å². The summed E-state index contributed by atoms with van der Waals surface area (Å²) in [6.45, 7) is 2.34. The molecule has 2 heteroatoms. The van der Waals surface area contributed by atoms with Gasteiger partial charge in [0.1, 0.15) is 0 Å². The van der Waals surface area contributed by atoms with Gasteiger partial charge in [-0.3, -0.25) is 4.98 Å². The first-order valence-corrected chi connectivity index (χ1v) is 5.95. The molecule has 0 amide bonds. The quantitative estimate of drug-likeness (QED) is 0.779. The molecule has 80 valence electrons. The van der Waals surface area contributed by atoms with Crippen LogP contribution in [-0.2, 0) is 5.41 Å². The van der Waals surface area contributed by atoms with Crippen LogP contribution in [0.4, 0.5) is 0 Å². The lowest BCUT2D eigenvalue weighted by Crippen LogP contribution is -2.19. The monoisotopic (exact) mass is 210 g/mol. The molecular formula is C14H14N2. The third-order valence-electron chi connectivity index (χ3n) is 4.25. The topological polar surface area (TPSA) is 24.9 Å². The summed E-state index contributed by atoms with van der Waals surface area (Å²) < 4.78 is 0. The van der Waals surface area contributed by atoms with Gasteiger partial charge in [0.25, 0.3) is 0 Å². The van der Waals surface area contributed by atoms with Crippen molar-refractivity contribution in [1.29, 1.82) is 0 Å². The summed E-state index contributed by atoms with van der Waals surface area (Å²) in [7, 11) is 0. The third-order valence-corrected chi connectivity index (χ3v) is 4.25. The molecule has 4 rings (SSSR count). The van der Waals surface area contributed by atoms with Crippen LogP contribution in [0.5, 0.6) is 0 Å². The molecule has 1 aromatic carbocycles. The molecular weight excluding hydrogens is 196 g/mol. The summed E-state index contributed by atoms with van der Waals surface area (Å²) in [6, 6.07) is 10.8. The first-order valence-electron chi connectivity index (χ1n) is 5.95. The Bertz CT molecular complexity index is 558. The van der Waals surface area contributed by atoms with Gasteiger partial charge < -0.3 is 5.32 Å². The fourth-order valence-electron chi connectivity index (χ4n) is 3.30. The van der Waals surface area contributed by atoms with E-state index in [1.165, 1.54) is 23.9 Å². The van der Waals surface area contributed by atoms with E-state index in [-0.39, 0.29) is 0 Å². The molecule has 1 aliphatic carbocycles. The van der Waals surface area contributed by atoms with Crippen LogP contribution < -0.4 is 5.32 Å². The van der Waals surface area contributed by atoms with Crippen molar-refractivity contribution in [2.24, 2.45) is 5.92 Å². The zero-order chi connectivity index (χ0) is 10.6. The van der Waals surface area contributed by atoms with E-state index in [2.05, 4.69) is 34.6 Å². The summed E-state index contributed by atoms with van der Waals surface area (Å²) in [5.41, 5.74) is 3.07. The lowest BCUT2D eigenvalue weighted by molar-refractivity contribution is 0.680. The first kappa shape index (κ1) is 8.71. The van der Waals surface area contributed by atoms with E-state index in [1.807, 2.05) is 12.3 Å². The molecule has 1 aromatic heterocycles. The Hall–Kier alpha value is -1.41. The van der Waals surface area contributed by atoms with Gasteiger partial charge in [-0.15, -0.1) is 0 Å². The van der Waals surface area contributed by atoms with Crippen LogP contribution in [0.25, 0.3) is 10.9 Å². The van der Waals surface area contributed by atoms with Crippen LogP contribution >= 0.6 is 0 Å². The Labute approximate surface area is 94.7 Å². The van der Waals surface area contributed by atoms with Gasteiger partial charge >= 0.3 is 0 Å². The number of fused-ring (bicyclic) bond motifs is 2. The molecule has 16 heavy (non-hydrogen) atoms. The van der Waals surface area contributed by atoms with Crippen LogP contribution in [0.1, 0.15) is 12.0 Å². The number of nitrogens with one attached hydrogen (secondary N) is 1. The first-order chi connectivity index (χ1) is 7.90. The van der Waals surface area contributed by atoms with Gasteiger partial charge in [-0.05, 0) is 36.6 Å². The molecule has 1 saturated heterocycles. The van der Waals surface area contributed by atoms with Crippen molar-refractivity contribution in [1.82, 2.24) is 10.3 Å². The van der Waals surface area contributed by atoms with Crippen molar-refractivity contribution in [2.75, 3.05) is 13.1 Å². The van der Waals surface area contributed by atoms with Gasteiger partial charge in [-0.2, -0.15) is 0 Å². The molecule has 0 radical (unpaired) electrons. The summed E-state index contributed by atoms with van der Waals surface area (Å²) in [5.74, 6) is 0.860. The van der Waals surface area contributed by atoms with E-state index in [1.54, 1.807) is 0 Å². The van der Waals surface area contributed by atoms with Gasteiger partial charge in [-0.1, -0.05) is 18.2 Å². The molecule has 2 aromatic rings. The highest BCUT2D eigenvalue weighted by atomic mass is 15.0. The number of pyridine rings is 1. The van der Waals surface area contributed by atoms with Gasteiger partial charge in [0.05, 0.1) is 5.52 Å². The van der Waals surface area contributed by atoms with Crippen LogP contribution in [0, 0.1) is 5.92 Å². The molecule has 2 fully saturated rings. The van der Waals surface area contributed by atoms with Crippen LogP contribution in [-0.4, -0.2) is 18.1 Å².